The molecule has 0 atom stereocenters. The molecule has 1 heterocycles. The van der Waals surface area contributed by atoms with Crippen molar-refractivity contribution < 1.29 is 4.74 Å². The fraction of sp³-hybridized carbons (Fsp3) is 0.632. The maximum Gasteiger partial charge on any atom is 0.191 e. The van der Waals surface area contributed by atoms with Crippen LogP contribution in [0.5, 0.6) is 0 Å². The third kappa shape index (κ3) is 5.21. The summed E-state index contributed by atoms with van der Waals surface area (Å²) in [4.78, 5) is 7.06. The number of aryl methyl sites for hydroxylation is 1. The predicted octanol–water partition coefficient (Wildman–Crippen LogP) is 2.16. The first-order valence-corrected chi connectivity index (χ1v) is 8.89. The van der Waals surface area contributed by atoms with Crippen molar-refractivity contribution >= 4 is 5.96 Å². The van der Waals surface area contributed by atoms with Crippen molar-refractivity contribution in [3.05, 3.63) is 35.4 Å². The van der Waals surface area contributed by atoms with Gasteiger partial charge in [-0.1, -0.05) is 29.8 Å². The summed E-state index contributed by atoms with van der Waals surface area (Å²) < 4.78 is 5.54. The van der Waals surface area contributed by atoms with E-state index >= 15 is 0 Å². The van der Waals surface area contributed by atoms with Crippen LogP contribution in [0, 0.1) is 6.92 Å². The molecule has 0 radical (unpaired) electrons. The lowest BCUT2D eigenvalue weighted by atomic mass is 9.88. The number of rotatable bonds is 6. The van der Waals surface area contributed by atoms with Crippen LogP contribution in [-0.4, -0.2) is 56.8 Å². The Morgan fingerprint density at radius 2 is 1.83 bits per heavy atom. The van der Waals surface area contributed by atoms with E-state index < -0.39 is 0 Å². The Morgan fingerprint density at radius 3 is 2.42 bits per heavy atom. The molecule has 1 aliphatic heterocycles. The van der Waals surface area contributed by atoms with Crippen LogP contribution in [0.4, 0.5) is 0 Å². The minimum absolute atomic E-state index is 0.137. The molecule has 2 N–H and O–H groups in total. The van der Waals surface area contributed by atoms with Gasteiger partial charge in [-0.2, -0.15) is 0 Å². The van der Waals surface area contributed by atoms with Crippen molar-refractivity contribution in [1.29, 1.82) is 0 Å². The Balaban J connectivity index is 1.98. The second kappa shape index (κ2) is 9.04. The lowest BCUT2D eigenvalue weighted by molar-refractivity contribution is -0.00501. The summed E-state index contributed by atoms with van der Waals surface area (Å²) >= 11 is 0. The van der Waals surface area contributed by atoms with Crippen LogP contribution in [-0.2, 0) is 11.3 Å². The van der Waals surface area contributed by atoms with Crippen LogP contribution in [0.2, 0.25) is 0 Å². The second-order valence-corrected chi connectivity index (χ2v) is 6.77. The molecule has 0 unspecified atom stereocenters. The number of guanidine groups is 1. The molecule has 24 heavy (non-hydrogen) atoms. The van der Waals surface area contributed by atoms with Gasteiger partial charge in [-0.25, -0.2) is 4.99 Å². The smallest absolute Gasteiger partial charge is 0.191 e. The molecule has 1 fully saturated rings. The first-order valence-electron chi connectivity index (χ1n) is 8.89. The molecular weight excluding hydrogens is 300 g/mol. The largest absolute Gasteiger partial charge is 0.381 e. The lowest BCUT2D eigenvalue weighted by Gasteiger charge is -2.43. The van der Waals surface area contributed by atoms with Crippen LogP contribution in [0.1, 0.15) is 30.9 Å². The third-order valence-corrected chi connectivity index (χ3v) is 4.84. The molecule has 5 nitrogen and oxygen atoms in total. The number of likely N-dealkylation sites (N-methyl/N-ethyl adjacent to an activating group) is 1. The predicted molar refractivity (Wildman–Crippen MR) is 100 cm³/mol. The number of ether oxygens (including phenoxy) is 1. The molecule has 5 heteroatoms. The molecule has 0 aliphatic carbocycles. The van der Waals surface area contributed by atoms with E-state index in [1.807, 2.05) is 0 Å². The van der Waals surface area contributed by atoms with Crippen molar-refractivity contribution in [3.8, 4) is 0 Å². The van der Waals surface area contributed by atoms with Gasteiger partial charge in [0.1, 0.15) is 0 Å². The topological polar surface area (TPSA) is 48.9 Å². The van der Waals surface area contributed by atoms with Gasteiger partial charge < -0.3 is 20.3 Å². The van der Waals surface area contributed by atoms with Crippen LogP contribution in [0.25, 0.3) is 0 Å². The molecule has 1 aliphatic rings. The standard InChI is InChI=1S/C19H32N4O/c1-5-20-18(21-14-17-8-6-16(2)7-9-17)22-15-19(23(3)4)10-12-24-13-11-19/h6-9H,5,10-15H2,1-4H3,(H2,20,21,22). The minimum Gasteiger partial charge on any atom is -0.381 e. The zero-order valence-corrected chi connectivity index (χ0v) is 15.6. The van der Waals surface area contributed by atoms with Gasteiger partial charge in [0.2, 0.25) is 0 Å². The summed E-state index contributed by atoms with van der Waals surface area (Å²) in [5.74, 6) is 0.880. The second-order valence-electron chi connectivity index (χ2n) is 6.77. The van der Waals surface area contributed by atoms with E-state index in [1.165, 1.54) is 11.1 Å². The van der Waals surface area contributed by atoms with Crippen molar-refractivity contribution in [2.45, 2.75) is 38.8 Å². The molecule has 0 spiro atoms. The van der Waals surface area contributed by atoms with Crippen LogP contribution < -0.4 is 10.6 Å². The van der Waals surface area contributed by atoms with Crippen molar-refractivity contribution in [3.63, 3.8) is 0 Å². The van der Waals surface area contributed by atoms with E-state index in [0.717, 1.165) is 45.1 Å². The molecular formula is C19H32N4O. The summed E-state index contributed by atoms with van der Waals surface area (Å²) in [6, 6.07) is 8.55. The number of hydrogen-bond donors (Lipinski definition) is 2. The zero-order chi connectivity index (χ0) is 17.4. The Labute approximate surface area is 146 Å². The number of nitrogens with zero attached hydrogens (tertiary/aromatic N) is 2. The zero-order valence-electron chi connectivity index (χ0n) is 15.6. The fourth-order valence-corrected chi connectivity index (χ4v) is 2.99. The van der Waals surface area contributed by atoms with Crippen molar-refractivity contribution in [1.82, 2.24) is 15.5 Å². The van der Waals surface area contributed by atoms with Gasteiger partial charge in [0.15, 0.2) is 5.96 Å². The minimum atomic E-state index is 0.137. The lowest BCUT2D eigenvalue weighted by Crippen LogP contribution is -2.57. The Hall–Kier alpha value is -1.59. The van der Waals surface area contributed by atoms with Crippen LogP contribution in [0.3, 0.4) is 0 Å². The van der Waals surface area contributed by atoms with E-state index in [2.05, 4.69) is 67.7 Å². The summed E-state index contributed by atoms with van der Waals surface area (Å²) in [5.41, 5.74) is 2.64. The highest BCUT2D eigenvalue weighted by Gasteiger charge is 2.34. The number of nitrogens with one attached hydrogen (secondary N) is 2. The molecule has 0 saturated carbocycles. The highest BCUT2D eigenvalue weighted by atomic mass is 16.5. The van der Waals surface area contributed by atoms with Gasteiger partial charge in [-0.15, -0.1) is 0 Å². The van der Waals surface area contributed by atoms with E-state index in [0.29, 0.717) is 6.54 Å². The van der Waals surface area contributed by atoms with Crippen LogP contribution in [0.15, 0.2) is 29.3 Å². The fourth-order valence-electron chi connectivity index (χ4n) is 2.99. The van der Waals surface area contributed by atoms with Gasteiger partial charge >= 0.3 is 0 Å². The van der Waals surface area contributed by atoms with Crippen molar-refractivity contribution in [2.24, 2.45) is 4.99 Å². The normalized spacial score (nSPS) is 17.8. The van der Waals surface area contributed by atoms with Crippen molar-refractivity contribution in [2.75, 3.05) is 40.4 Å². The van der Waals surface area contributed by atoms with E-state index in [-0.39, 0.29) is 5.54 Å². The number of hydrogen-bond acceptors (Lipinski definition) is 3. The van der Waals surface area contributed by atoms with Crippen LogP contribution >= 0.6 is 0 Å². The monoisotopic (exact) mass is 332 g/mol. The summed E-state index contributed by atoms with van der Waals surface area (Å²) in [6.45, 7) is 8.29. The van der Waals surface area contributed by atoms with Gasteiger partial charge in [-0.05, 0) is 46.3 Å². The van der Waals surface area contributed by atoms with E-state index in [4.69, 9.17) is 9.73 Å². The number of aliphatic imine (C=N–C) groups is 1. The van der Waals surface area contributed by atoms with E-state index in [9.17, 15) is 0 Å². The third-order valence-electron chi connectivity index (χ3n) is 4.84. The summed E-state index contributed by atoms with van der Waals surface area (Å²) in [6.07, 6.45) is 2.09. The summed E-state index contributed by atoms with van der Waals surface area (Å²) in [5, 5.41) is 6.88. The molecule has 0 amide bonds. The van der Waals surface area contributed by atoms with Gasteiger partial charge in [0.25, 0.3) is 0 Å². The maximum absolute atomic E-state index is 5.54. The molecule has 1 aromatic rings. The molecule has 0 aromatic heterocycles. The van der Waals surface area contributed by atoms with E-state index in [1.54, 1.807) is 0 Å². The summed E-state index contributed by atoms with van der Waals surface area (Å²) in [7, 11) is 4.31. The Bertz CT molecular complexity index is 519. The highest BCUT2D eigenvalue weighted by molar-refractivity contribution is 5.79. The molecule has 134 valence electrons. The average Bonchev–Trinajstić information content (AvgIpc) is 2.59. The molecule has 2 rings (SSSR count). The maximum atomic E-state index is 5.54. The quantitative estimate of drug-likeness (QED) is 0.619. The van der Waals surface area contributed by atoms with Gasteiger partial charge in [-0.3, -0.25) is 0 Å². The first-order chi connectivity index (χ1) is 11.6. The molecule has 1 aromatic carbocycles. The SMILES string of the molecule is CCNC(=NCc1ccc(C)cc1)NCC1(N(C)C)CCOCC1. The molecule has 1 saturated heterocycles. The van der Waals surface area contributed by atoms with Gasteiger partial charge in [0.05, 0.1) is 6.54 Å². The average molecular weight is 332 g/mol. The van der Waals surface area contributed by atoms with Gasteiger partial charge in [0, 0.05) is 31.8 Å². The molecule has 0 bridgehead atoms. The number of benzene rings is 1. The Morgan fingerprint density at radius 1 is 1.17 bits per heavy atom. The highest BCUT2D eigenvalue weighted by Crippen LogP contribution is 2.25. The Kier molecular flexibility index (Phi) is 7.06. The first kappa shape index (κ1) is 18.7.